The molecule has 4 aromatic carbocycles. The second kappa shape index (κ2) is 17.1. The number of rotatable bonds is 8. The van der Waals surface area contributed by atoms with Gasteiger partial charge >= 0.3 is 0 Å². The summed E-state index contributed by atoms with van der Waals surface area (Å²) in [6.07, 6.45) is 5.93. The monoisotopic (exact) mass is 756 g/mol. The van der Waals surface area contributed by atoms with E-state index < -0.39 is 0 Å². The summed E-state index contributed by atoms with van der Waals surface area (Å²) < 4.78 is 50.6. The molecule has 4 heterocycles. The number of halogens is 2. The Balaban J connectivity index is 0.000000172. The summed E-state index contributed by atoms with van der Waals surface area (Å²) in [5.41, 5.74) is 4.99. The predicted molar refractivity (Wildman–Crippen MR) is 206 cm³/mol. The van der Waals surface area contributed by atoms with E-state index in [0.29, 0.717) is 34.6 Å². The molecule has 2 aliphatic rings. The second-order valence-electron chi connectivity index (χ2n) is 13.3. The summed E-state index contributed by atoms with van der Waals surface area (Å²) in [7, 11) is 0. The number of benzene rings is 4. The van der Waals surface area contributed by atoms with Crippen molar-refractivity contribution >= 4 is 23.2 Å². The summed E-state index contributed by atoms with van der Waals surface area (Å²) >= 11 is 0. The fraction of sp³-hybridized carbons (Fsp3) is 0.182. The molecule has 0 saturated heterocycles. The number of nitrogens with one attached hydrogen (secondary N) is 2. The largest absolute Gasteiger partial charge is 0.485 e. The van der Waals surface area contributed by atoms with Crippen molar-refractivity contribution in [2.75, 3.05) is 10.6 Å². The van der Waals surface area contributed by atoms with Crippen LogP contribution >= 0.6 is 0 Å². The van der Waals surface area contributed by atoms with E-state index >= 15 is 0 Å². The van der Waals surface area contributed by atoms with E-state index in [1.165, 1.54) is 38.1 Å². The van der Waals surface area contributed by atoms with Crippen LogP contribution in [-0.4, -0.2) is 21.8 Å². The Morgan fingerprint density at radius 3 is 1.43 bits per heavy atom. The van der Waals surface area contributed by atoms with Gasteiger partial charge in [0.2, 0.25) is 23.6 Å². The van der Waals surface area contributed by atoms with E-state index in [4.69, 9.17) is 18.9 Å². The van der Waals surface area contributed by atoms with Crippen LogP contribution in [-0.2, 0) is 22.4 Å². The van der Waals surface area contributed by atoms with Gasteiger partial charge < -0.3 is 29.6 Å². The normalized spacial score (nSPS) is 15.3. The molecule has 2 unspecified atom stereocenters. The molecule has 8 rings (SSSR count). The van der Waals surface area contributed by atoms with Crippen LogP contribution in [0.15, 0.2) is 122 Å². The summed E-state index contributed by atoms with van der Waals surface area (Å²) in [5, 5.41) is 5.32. The van der Waals surface area contributed by atoms with Gasteiger partial charge in [-0.1, -0.05) is 24.3 Å². The number of aromatic nitrogens is 2. The average molecular weight is 757 g/mol. The number of fused-ring (bicyclic) bond motifs is 2. The number of amides is 2. The van der Waals surface area contributed by atoms with Gasteiger partial charge in [-0.2, -0.15) is 0 Å². The van der Waals surface area contributed by atoms with Crippen LogP contribution in [0.5, 0.6) is 34.8 Å². The molecular weight excluding hydrogens is 719 g/mol. The highest BCUT2D eigenvalue weighted by molar-refractivity contribution is 5.88. The minimum Gasteiger partial charge on any atom is -0.485 e. The Morgan fingerprint density at radius 2 is 1.05 bits per heavy atom. The lowest BCUT2D eigenvalue weighted by Crippen LogP contribution is -2.15. The first-order chi connectivity index (χ1) is 27.1. The van der Waals surface area contributed by atoms with Crippen LogP contribution in [0.3, 0.4) is 0 Å². The SMILES string of the molecule is CC(=O)Nc1ccc(Oc2ccc3c(c2)CCC(c2cccc(F)c2)O3)nc1.CC(=O)Nc1ccc(Oc2ccc3c(c2)CCC(c2cccc(F)c2)O3)nc1. The van der Waals surface area contributed by atoms with E-state index in [-0.39, 0.29) is 35.7 Å². The fourth-order valence-electron chi connectivity index (χ4n) is 6.42. The molecule has 0 saturated carbocycles. The zero-order valence-corrected chi connectivity index (χ0v) is 30.6. The van der Waals surface area contributed by atoms with E-state index in [1.54, 1.807) is 48.8 Å². The number of nitrogens with zero attached hydrogens (tertiary/aromatic N) is 2. The minimum absolute atomic E-state index is 0.151. The van der Waals surface area contributed by atoms with E-state index in [0.717, 1.165) is 59.4 Å². The van der Waals surface area contributed by atoms with Crippen LogP contribution in [0.2, 0.25) is 0 Å². The lowest BCUT2D eigenvalue weighted by atomic mass is 9.97. The summed E-state index contributed by atoms with van der Waals surface area (Å²) in [4.78, 5) is 30.5. The van der Waals surface area contributed by atoms with Crippen molar-refractivity contribution in [1.29, 1.82) is 0 Å². The smallest absolute Gasteiger partial charge is 0.221 e. The molecule has 0 radical (unpaired) electrons. The van der Waals surface area contributed by atoms with Crippen molar-refractivity contribution in [3.05, 3.63) is 155 Å². The first-order valence-electron chi connectivity index (χ1n) is 18.1. The van der Waals surface area contributed by atoms with Gasteiger partial charge in [0, 0.05) is 26.0 Å². The molecule has 284 valence electrons. The lowest BCUT2D eigenvalue weighted by molar-refractivity contribution is -0.115. The summed E-state index contributed by atoms with van der Waals surface area (Å²) in [6, 6.07) is 31.1. The molecule has 56 heavy (non-hydrogen) atoms. The zero-order chi connectivity index (χ0) is 39.0. The van der Waals surface area contributed by atoms with Crippen molar-refractivity contribution in [3.63, 3.8) is 0 Å². The van der Waals surface area contributed by atoms with Crippen LogP contribution in [0.25, 0.3) is 0 Å². The van der Waals surface area contributed by atoms with Crippen molar-refractivity contribution in [3.8, 4) is 34.8 Å². The van der Waals surface area contributed by atoms with Gasteiger partial charge in [0.1, 0.15) is 46.8 Å². The van der Waals surface area contributed by atoms with E-state index in [9.17, 15) is 18.4 Å². The molecule has 2 N–H and O–H groups in total. The van der Waals surface area contributed by atoms with Crippen LogP contribution in [0.1, 0.15) is 61.2 Å². The second-order valence-corrected chi connectivity index (χ2v) is 13.3. The number of aryl methyl sites for hydroxylation is 2. The predicted octanol–water partition coefficient (Wildman–Crippen LogP) is 10.1. The Hall–Kier alpha value is -6.82. The Bertz CT molecular complexity index is 2170. The number of hydrogen-bond donors (Lipinski definition) is 2. The number of pyridine rings is 2. The number of carbonyl (C=O) groups is 2. The molecule has 0 spiro atoms. The topological polar surface area (TPSA) is 121 Å². The third-order valence-electron chi connectivity index (χ3n) is 8.95. The van der Waals surface area contributed by atoms with Crippen molar-refractivity contribution in [1.82, 2.24) is 9.97 Å². The van der Waals surface area contributed by atoms with Crippen molar-refractivity contribution < 1.29 is 37.3 Å². The molecule has 2 aromatic heterocycles. The highest BCUT2D eigenvalue weighted by Gasteiger charge is 2.24. The van der Waals surface area contributed by atoms with E-state index in [2.05, 4.69) is 20.6 Å². The molecule has 0 fully saturated rings. The molecule has 6 aromatic rings. The van der Waals surface area contributed by atoms with Crippen LogP contribution < -0.4 is 29.6 Å². The molecule has 2 aliphatic heterocycles. The number of anilines is 2. The molecule has 2 amide bonds. The maximum Gasteiger partial charge on any atom is 0.221 e. The molecule has 0 bridgehead atoms. The van der Waals surface area contributed by atoms with Gasteiger partial charge in [-0.15, -0.1) is 0 Å². The standard InChI is InChI=1S/2C22H19FN2O3/c2*1-14(26)25-18-6-10-22(24-13-18)27-19-7-9-21-16(12-19)5-8-20(28-21)15-3-2-4-17(23)11-15/h2*2-4,6-7,9-13,20H,5,8H2,1H3,(H,25,26). The first kappa shape index (κ1) is 37.5. The Kier molecular flexibility index (Phi) is 11.5. The maximum absolute atomic E-state index is 13.5. The average Bonchev–Trinajstić information content (AvgIpc) is 3.19. The first-order valence-corrected chi connectivity index (χ1v) is 18.1. The summed E-state index contributed by atoms with van der Waals surface area (Å²) in [5.74, 6) is 2.93. The van der Waals surface area contributed by atoms with Gasteiger partial charge in [-0.3, -0.25) is 9.59 Å². The van der Waals surface area contributed by atoms with Gasteiger partial charge in [-0.25, -0.2) is 18.7 Å². The number of carbonyl (C=O) groups excluding carboxylic acids is 2. The number of hydrogen-bond acceptors (Lipinski definition) is 8. The summed E-state index contributed by atoms with van der Waals surface area (Å²) in [6.45, 7) is 2.89. The van der Waals surface area contributed by atoms with Crippen LogP contribution in [0.4, 0.5) is 20.2 Å². The molecular formula is C44H38F2N4O6. The Morgan fingerprint density at radius 1 is 0.607 bits per heavy atom. The van der Waals surface area contributed by atoms with Crippen LogP contribution in [0, 0.1) is 11.6 Å². The molecule has 10 nitrogen and oxygen atoms in total. The zero-order valence-electron chi connectivity index (χ0n) is 30.6. The molecule has 12 heteroatoms. The molecule has 0 aliphatic carbocycles. The third kappa shape index (κ3) is 9.83. The quantitative estimate of drug-likeness (QED) is 0.158. The lowest BCUT2D eigenvalue weighted by Gasteiger charge is -2.26. The third-order valence-corrected chi connectivity index (χ3v) is 8.95. The van der Waals surface area contributed by atoms with Crippen molar-refractivity contribution in [2.45, 2.75) is 51.7 Å². The van der Waals surface area contributed by atoms with Gasteiger partial charge in [-0.05, 0) is 121 Å². The molecule has 2 atom stereocenters. The Labute approximate surface area is 322 Å². The van der Waals surface area contributed by atoms with E-state index in [1.807, 2.05) is 48.5 Å². The minimum atomic E-state index is -0.257. The highest BCUT2D eigenvalue weighted by Crippen LogP contribution is 2.39. The van der Waals surface area contributed by atoms with Gasteiger partial charge in [0.05, 0.1) is 23.8 Å². The van der Waals surface area contributed by atoms with Gasteiger partial charge in [0.15, 0.2) is 0 Å². The fourth-order valence-corrected chi connectivity index (χ4v) is 6.42. The van der Waals surface area contributed by atoms with Gasteiger partial charge in [0.25, 0.3) is 0 Å². The number of ether oxygens (including phenoxy) is 4. The maximum atomic E-state index is 13.5. The van der Waals surface area contributed by atoms with Crippen molar-refractivity contribution in [2.24, 2.45) is 0 Å². The highest BCUT2D eigenvalue weighted by atomic mass is 19.1.